The number of fused-ring (bicyclic) bond motifs is 12. The van der Waals surface area contributed by atoms with E-state index < -0.39 is 5.41 Å². The van der Waals surface area contributed by atoms with Crippen LogP contribution in [0.2, 0.25) is 0 Å². The largest absolute Gasteiger partial charge is 0.457 e. The van der Waals surface area contributed by atoms with Crippen molar-refractivity contribution in [3.05, 3.63) is 313 Å². The van der Waals surface area contributed by atoms with Gasteiger partial charge in [0.05, 0.1) is 22.1 Å². The van der Waals surface area contributed by atoms with E-state index in [0.29, 0.717) is 0 Å². The quantitative estimate of drug-likeness (QED) is 0.151. The van der Waals surface area contributed by atoms with E-state index in [-0.39, 0.29) is 0 Å². The fourth-order valence-electron chi connectivity index (χ4n) is 12.7. The standard InChI is InChI=1S/C73H48N2O/c1-2-21-50(22-3-1)55-25-4-5-26-56(55)57-27-6-7-28-58(57)61-30-9-15-36-68(61)74(53-23-20-24-54(48-53)75-69-37-16-10-31-62(69)63-32-11-17-38-70(63)75)52-44-41-49(42-45-52)51-43-46-60-59-29-8-12-33-64(59)73(67(60)47-51)65-34-13-18-39-71(65)76-72-40-19-14-35-66(72)73/h1-48H. The van der Waals surface area contributed by atoms with E-state index in [4.69, 9.17) is 4.74 Å². The molecule has 2 aliphatic rings. The molecule has 1 aromatic heterocycles. The smallest absolute Gasteiger partial charge is 0.132 e. The monoisotopic (exact) mass is 968 g/mol. The molecule has 3 nitrogen and oxygen atoms in total. The maximum atomic E-state index is 6.67. The molecule has 0 amide bonds. The van der Waals surface area contributed by atoms with Gasteiger partial charge in [0, 0.05) is 44.5 Å². The Labute approximate surface area is 442 Å². The highest BCUT2D eigenvalue weighted by Crippen LogP contribution is 2.62. The van der Waals surface area contributed by atoms with Crippen molar-refractivity contribution in [3.63, 3.8) is 0 Å². The van der Waals surface area contributed by atoms with E-state index in [1.165, 1.54) is 66.3 Å². The van der Waals surface area contributed by atoms with Gasteiger partial charge in [-0.05, 0) is 128 Å². The van der Waals surface area contributed by atoms with Crippen molar-refractivity contribution in [2.45, 2.75) is 5.41 Å². The van der Waals surface area contributed by atoms with Gasteiger partial charge >= 0.3 is 0 Å². The van der Waals surface area contributed by atoms with Gasteiger partial charge in [-0.3, -0.25) is 0 Å². The van der Waals surface area contributed by atoms with Crippen molar-refractivity contribution in [1.82, 2.24) is 4.57 Å². The minimum atomic E-state index is -0.549. The van der Waals surface area contributed by atoms with E-state index in [1.54, 1.807) is 0 Å². The highest BCUT2D eigenvalue weighted by atomic mass is 16.5. The molecule has 15 rings (SSSR count). The van der Waals surface area contributed by atoms with Crippen molar-refractivity contribution in [2.75, 3.05) is 4.90 Å². The topological polar surface area (TPSA) is 17.4 Å². The molecule has 0 saturated heterocycles. The molecule has 3 heteroatoms. The summed E-state index contributed by atoms with van der Waals surface area (Å²) in [6.45, 7) is 0. The first-order valence-electron chi connectivity index (χ1n) is 26.2. The van der Waals surface area contributed by atoms with E-state index in [2.05, 4.69) is 301 Å². The van der Waals surface area contributed by atoms with Gasteiger partial charge < -0.3 is 14.2 Å². The van der Waals surface area contributed by atoms with Crippen LogP contribution in [0.15, 0.2) is 291 Å². The van der Waals surface area contributed by atoms with Gasteiger partial charge in [0.25, 0.3) is 0 Å². The average molecular weight is 969 g/mol. The van der Waals surface area contributed by atoms with E-state index >= 15 is 0 Å². The molecule has 0 unspecified atom stereocenters. The Morgan fingerprint density at radius 2 is 0.789 bits per heavy atom. The van der Waals surface area contributed by atoms with Crippen LogP contribution in [-0.2, 0) is 5.41 Å². The number of rotatable bonds is 8. The fourth-order valence-corrected chi connectivity index (χ4v) is 12.7. The summed E-state index contributed by atoms with van der Waals surface area (Å²) < 4.78 is 9.07. The fraction of sp³-hybridized carbons (Fsp3) is 0.0137. The molecular formula is C73H48N2O. The Bertz CT molecular complexity index is 4300. The third-order valence-electron chi connectivity index (χ3n) is 15.9. The Kier molecular flexibility index (Phi) is 10.1. The minimum absolute atomic E-state index is 0.549. The first-order chi connectivity index (χ1) is 37.7. The van der Waals surface area contributed by atoms with Gasteiger partial charge in [0.2, 0.25) is 0 Å². The summed E-state index contributed by atoms with van der Waals surface area (Å²) in [4.78, 5) is 2.45. The molecule has 12 aromatic carbocycles. The van der Waals surface area contributed by atoms with Crippen LogP contribution in [0.25, 0.3) is 83.1 Å². The maximum Gasteiger partial charge on any atom is 0.132 e. The molecular weight excluding hydrogens is 921 g/mol. The number of benzene rings is 12. The number of hydrogen-bond acceptors (Lipinski definition) is 2. The second-order valence-electron chi connectivity index (χ2n) is 19.9. The molecule has 356 valence electrons. The first kappa shape index (κ1) is 43.6. The number of anilines is 3. The Hall–Kier alpha value is -9.96. The summed E-state index contributed by atoms with van der Waals surface area (Å²) >= 11 is 0. The van der Waals surface area contributed by atoms with Crippen LogP contribution < -0.4 is 9.64 Å². The van der Waals surface area contributed by atoms with Crippen LogP contribution in [0.4, 0.5) is 17.1 Å². The third kappa shape index (κ3) is 6.69. The maximum absolute atomic E-state index is 6.67. The van der Waals surface area contributed by atoms with Gasteiger partial charge in [-0.25, -0.2) is 0 Å². The van der Waals surface area contributed by atoms with Crippen LogP contribution in [0.1, 0.15) is 22.3 Å². The van der Waals surface area contributed by atoms with Crippen LogP contribution in [0.5, 0.6) is 11.5 Å². The Morgan fingerprint density at radius 3 is 1.47 bits per heavy atom. The predicted molar refractivity (Wildman–Crippen MR) is 315 cm³/mol. The molecule has 1 aliphatic carbocycles. The van der Waals surface area contributed by atoms with Crippen LogP contribution in [0, 0.1) is 0 Å². The van der Waals surface area contributed by atoms with Gasteiger partial charge in [-0.15, -0.1) is 0 Å². The molecule has 0 fully saturated rings. The lowest BCUT2D eigenvalue weighted by Crippen LogP contribution is -2.32. The second-order valence-corrected chi connectivity index (χ2v) is 19.9. The number of nitrogens with zero attached hydrogens (tertiary/aromatic N) is 2. The zero-order chi connectivity index (χ0) is 50.2. The van der Waals surface area contributed by atoms with Crippen LogP contribution >= 0.6 is 0 Å². The summed E-state index contributed by atoms with van der Waals surface area (Å²) in [5.41, 5.74) is 22.8. The van der Waals surface area contributed by atoms with Gasteiger partial charge in [0.15, 0.2) is 0 Å². The summed E-state index contributed by atoms with van der Waals surface area (Å²) in [5.74, 6) is 1.79. The Morgan fingerprint density at radius 1 is 0.289 bits per heavy atom. The molecule has 13 aromatic rings. The second kappa shape index (κ2) is 17.6. The molecule has 2 heterocycles. The number of aromatic nitrogens is 1. The van der Waals surface area contributed by atoms with Crippen LogP contribution in [0.3, 0.4) is 0 Å². The van der Waals surface area contributed by atoms with Gasteiger partial charge in [-0.2, -0.15) is 0 Å². The minimum Gasteiger partial charge on any atom is -0.457 e. The normalized spacial score (nSPS) is 12.7. The van der Waals surface area contributed by atoms with E-state index in [0.717, 1.165) is 67.6 Å². The molecule has 0 radical (unpaired) electrons. The average Bonchev–Trinajstić information content (AvgIpc) is 4.19. The summed E-state index contributed by atoms with van der Waals surface area (Å²) in [6, 6.07) is 106. The lowest BCUT2D eigenvalue weighted by Gasteiger charge is -2.39. The highest BCUT2D eigenvalue weighted by molar-refractivity contribution is 6.09. The summed E-state index contributed by atoms with van der Waals surface area (Å²) in [6.07, 6.45) is 0. The SMILES string of the molecule is c1ccc(-c2ccccc2-c2ccccc2-c2ccccc2N(c2ccc(-c3ccc4c(c3)C3(c5ccccc5Oc5ccccc53)c3ccccc3-4)cc2)c2cccc(-n3c4ccccc4c4ccccc43)c2)cc1. The molecule has 0 bridgehead atoms. The zero-order valence-corrected chi connectivity index (χ0v) is 41.5. The number of para-hydroxylation sites is 5. The summed E-state index contributed by atoms with van der Waals surface area (Å²) in [7, 11) is 0. The van der Waals surface area contributed by atoms with Crippen molar-refractivity contribution in [2.24, 2.45) is 0 Å². The zero-order valence-electron chi connectivity index (χ0n) is 41.5. The lowest BCUT2D eigenvalue weighted by atomic mass is 9.66. The van der Waals surface area contributed by atoms with Crippen LogP contribution in [-0.4, -0.2) is 4.57 Å². The molecule has 76 heavy (non-hydrogen) atoms. The van der Waals surface area contributed by atoms with Crippen molar-refractivity contribution in [3.8, 4) is 72.8 Å². The molecule has 1 aliphatic heterocycles. The Balaban J connectivity index is 0.908. The molecule has 0 saturated carbocycles. The lowest BCUT2D eigenvalue weighted by molar-refractivity contribution is 0.436. The van der Waals surface area contributed by atoms with Gasteiger partial charge in [-0.1, -0.05) is 224 Å². The van der Waals surface area contributed by atoms with E-state index in [1.807, 2.05) is 0 Å². The van der Waals surface area contributed by atoms with Crippen molar-refractivity contribution in [1.29, 1.82) is 0 Å². The molecule has 0 N–H and O–H groups in total. The highest BCUT2D eigenvalue weighted by Gasteiger charge is 2.51. The predicted octanol–water partition coefficient (Wildman–Crippen LogP) is 19.4. The first-order valence-corrected chi connectivity index (χ1v) is 26.2. The third-order valence-corrected chi connectivity index (χ3v) is 15.9. The van der Waals surface area contributed by atoms with Crippen molar-refractivity contribution >= 4 is 38.9 Å². The summed E-state index contributed by atoms with van der Waals surface area (Å²) in [5, 5.41) is 2.47. The molecule has 1 spiro atoms. The molecule has 0 atom stereocenters. The van der Waals surface area contributed by atoms with E-state index in [9.17, 15) is 0 Å². The van der Waals surface area contributed by atoms with Crippen molar-refractivity contribution < 1.29 is 4.74 Å². The number of ether oxygens (including phenoxy) is 1. The van der Waals surface area contributed by atoms with Gasteiger partial charge in [0.1, 0.15) is 11.5 Å². The number of hydrogen-bond donors (Lipinski definition) is 0.